The molecular weight excluding hydrogens is 533 g/mol. The molecule has 5 rings (SSSR count). The highest BCUT2D eigenvalue weighted by Crippen LogP contribution is 2.37. The molecule has 0 aliphatic carbocycles. The van der Waals surface area contributed by atoms with Crippen LogP contribution >= 0.6 is 11.6 Å². The van der Waals surface area contributed by atoms with Crippen molar-refractivity contribution in [3.8, 4) is 11.9 Å². The average molecular weight is 559 g/mol. The Morgan fingerprint density at radius 3 is 2.30 bits per heavy atom. The van der Waals surface area contributed by atoms with Gasteiger partial charge in [0.1, 0.15) is 0 Å². The van der Waals surface area contributed by atoms with Crippen LogP contribution in [0.5, 0.6) is 11.9 Å². The Morgan fingerprint density at radius 2 is 1.70 bits per heavy atom. The van der Waals surface area contributed by atoms with Crippen molar-refractivity contribution in [2.75, 3.05) is 38.7 Å². The molecule has 1 saturated heterocycles. The first kappa shape index (κ1) is 27.2. The molecule has 0 spiro atoms. The zero-order valence-electron chi connectivity index (χ0n) is 20.3. The summed E-state index contributed by atoms with van der Waals surface area (Å²) in [6.07, 6.45) is 2.98. The van der Waals surface area contributed by atoms with Crippen LogP contribution in [-0.2, 0) is 23.1 Å². The van der Waals surface area contributed by atoms with E-state index in [0.717, 1.165) is 16.5 Å². The normalized spacial score (nSPS) is 16.2. The van der Waals surface area contributed by atoms with Crippen molar-refractivity contribution in [1.29, 1.82) is 0 Å². The smallest absolute Gasteiger partial charge is 0.467 e. The molecule has 0 bridgehead atoms. The number of anilines is 1. The summed E-state index contributed by atoms with van der Waals surface area (Å²) in [5.74, 6) is -0.685. The van der Waals surface area contributed by atoms with Gasteiger partial charge < -0.3 is 18.7 Å². The van der Waals surface area contributed by atoms with Gasteiger partial charge in [-0.15, -0.1) is 0 Å². The lowest BCUT2D eigenvalue weighted by atomic mass is 10.0. The van der Waals surface area contributed by atoms with Crippen LogP contribution in [0.4, 0.5) is 18.9 Å². The number of methoxy groups -OCH3 is 1. The number of rotatable bonds is 4. The second kappa shape index (κ2) is 10.9. The monoisotopic (exact) mass is 558 g/mol. The molecule has 2 aromatic carbocycles. The number of hydrogen-bond acceptors (Lipinski definition) is 8. The average Bonchev–Trinajstić information content (AvgIpc) is 3.33. The largest absolute Gasteiger partial charge is 0.534 e. The minimum absolute atomic E-state index is 0.156. The van der Waals surface area contributed by atoms with E-state index in [2.05, 4.69) is 26.1 Å². The molecule has 200 valence electrons. The van der Waals surface area contributed by atoms with E-state index in [4.69, 9.17) is 16.3 Å². The fourth-order valence-electron chi connectivity index (χ4n) is 4.31. The Labute approximate surface area is 218 Å². The molecule has 2 aliphatic heterocycles. The topological polar surface area (TPSA) is 84.9 Å². The van der Waals surface area contributed by atoms with E-state index in [1.54, 1.807) is 6.07 Å². The van der Waals surface area contributed by atoms with Gasteiger partial charge in [0, 0.05) is 23.2 Å². The number of fused-ring (bicyclic) bond motifs is 2. The van der Waals surface area contributed by atoms with Crippen molar-refractivity contribution in [2.24, 2.45) is 0 Å². The van der Waals surface area contributed by atoms with Gasteiger partial charge in [0.25, 0.3) is 0 Å². The first-order valence-corrected chi connectivity index (χ1v) is 13.3. The van der Waals surface area contributed by atoms with Crippen LogP contribution in [0.3, 0.4) is 0 Å². The van der Waals surface area contributed by atoms with Gasteiger partial charge >= 0.3 is 21.6 Å². The molecule has 3 aromatic rings. The molecule has 8 nitrogen and oxygen atoms in total. The van der Waals surface area contributed by atoms with Crippen molar-refractivity contribution in [2.45, 2.75) is 31.3 Å². The van der Waals surface area contributed by atoms with E-state index in [0.29, 0.717) is 17.3 Å². The van der Waals surface area contributed by atoms with Gasteiger partial charge in [-0.2, -0.15) is 31.6 Å². The van der Waals surface area contributed by atoms with Crippen LogP contribution in [0.1, 0.15) is 24.1 Å². The molecule has 3 heterocycles. The van der Waals surface area contributed by atoms with Crippen LogP contribution in [0.15, 0.2) is 36.4 Å². The summed E-state index contributed by atoms with van der Waals surface area (Å²) in [5, 5.41) is 2.31. The van der Waals surface area contributed by atoms with Crippen LogP contribution in [0.25, 0.3) is 10.8 Å². The Balaban J connectivity index is 0.000000469. The molecular formula is C24H26ClF3N4O4S. The predicted octanol–water partition coefficient (Wildman–Crippen LogP) is 4.79. The van der Waals surface area contributed by atoms with Crippen LogP contribution < -0.4 is 13.8 Å². The maximum Gasteiger partial charge on any atom is 0.534 e. The standard InChI is InChI=1S/C19H15ClF3N3O4S.C5H11N/c1-29-18-24-14-10-26(15-7-3-5-11-4-2-6-13(20)16(11)15)9-8-12(14)17(25-18)30-31(27,28)19(21,22)23;1-6-4-2-3-5-6/h2-7H,8-10H2,1H3;2-5H2,1H3. The van der Waals surface area contributed by atoms with Crippen molar-refractivity contribution in [3.63, 3.8) is 0 Å². The van der Waals surface area contributed by atoms with E-state index in [-0.39, 0.29) is 24.5 Å². The molecule has 1 aromatic heterocycles. The van der Waals surface area contributed by atoms with Gasteiger partial charge in [-0.3, -0.25) is 0 Å². The number of ether oxygens (including phenoxy) is 1. The molecule has 0 atom stereocenters. The minimum Gasteiger partial charge on any atom is -0.467 e. The Kier molecular flexibility index (Phi) is 8.00. The number of alkyl halides is 3. The number of likely N-dealkylation sites (tertiary alicyclic amines) is 1. The highest BCUT2D eigenvalue weighted by atomic mass is 35.5. The second-order valence-corrected chi connectivity index (χ2v) is 10.7. The Hall–Kier alpha value is -2.83. The number of aromatic nitrogens is 2. The first-order chi connectivity index (χ1) is 17.5. The molecule has 0 radical (unpaired) electrons. The fourth-order valence-corrected chi connectivity index (χ4v) is 5.03. The van der Waals surface area contributed by atoms with E-state index in [9.17, 15) is 21.6 Å². The van der Waals surface area contributed by atoms with E-state index >= 15 is 0 Å². The molecule has 2 aliphatic rings. The number of hydrogen-bond donors (Lipinski definition) is 0. The lowest BCUT2D eigenvalue weighted by Crippen LogP contribution is -2.33. The van der Waals surface area contributed by atoms with Crippen molar-refractivity contribution < 1.29 is 30.5 Å². The highest BCUT2D eigenvalue weighted by Gasteiger charge is 2.49. The van der Waals surface area contributed by atoms with E-state index in [1.807, 2.05) is 35.2 Å². The van der Waals surface area contributed by atoms with Crippen molar-refractivity contribution >= 4 is 38.2 Å². The molecule has 0 N–H and O–H groups in total. The predicted molar refractivity (Wildman–Crippen MR) is 135 cm³/mol. The summed E-state index contributed by atoms with van der Waals surface area (Å²) in [6, 6.07) is 10.9. The van der Waals surface area contributed by atoms with Gasteiger partial charge in [0.2, 0.25) is 5.88 Å². The van der Waals surface area contributed by atoms with Gasteiger partial charge in [0.05, 0.1) is 24.4 Å². The summed E-state index contributed by atoms with van der Waals surface area (Å²) in [6.45, 7) is 3.16. The third kappa shape index (κ3) is 6.02. The zero-order valence-corrected chi connectivity index (χ0v) is 21.8. The zero-order chi connectivity index (χ0) is 26.8. The highest BCUT2D eigenvalue weighted by molar-refractivity contribution is 7.87. The molecule has 0 saturated carbocycles. The summed E-state index contributed by atoms with van der Waals surface area (Å²) in [4.78, 5) is 12.2. The molecule has 1 fully saturated rings. The summed E-state index contributed by atoms with van der Waals surface area (Å²) < 4.78 is 70.6. The van der Waals surface area contributed by atoms with Gasteiger partial charge in [-0.05, 0) is 56.9 Å². The second-order valence-electron chi connectivity index (χ2n) is 8.72. The fraction of sp³-hybridized carbons (Fsp3) is 0.417. The van der Waals surface area contributed by atoms with Crippen molar-refractivity contribution in [3.05, 3.63) is 52.7 Å². The number of nitrogens with zero attached hydrogens (tertiary/aromatic N) is 4. The summed E-state index contributed by atoms with van der Waals surface area (Å²) in [7, 11) is -2.50. The van der Waals surface area contributed by atoms with Crippen LogP contribution in [0.2, 0.25) is 5.02 Å². The molecule has 13 heteroatoms. The SMILES string of the molecule is CN1CCCC1.COc1nc2c(c(OS(=O)(=O)C(F)(F)F)n1)CCN(c1cccc3cccc(Cl)c13)C2. The maximum absolute atomic E-state index is 12.8. The van der Waals surface area contributed by atoms with E-state index in [1.165, 1.54) is 33.0 Å². The van der Waals surface area contributed by atoms with Gasteiger partial charge in [-0.1, -0.05) is 35.9 Å². The van der Waals surface area contributed by atoms with E-state index < -0.39 is 21.5 Å². The van der Waals surface area contributed by atoms with Gasteiger partial charge in [-0.25, -0.2) is 0 Å². The lowest BCUT2D eigenvalue weighted by Gasteiger charge is -2.31. The molecule has 0 unspecified atom stereocenters. The lowest BCUT2D eigenvalue weighted by molar-refractivity contribution is -0.0501. The van der Waals surface area contributed by atoms with Crippen LogP contribution in [0, 0.1) is 0 Å². The van der Waals surface area contributed by atoms with Crippen LogP contribution in [-0.4, -0.2) is 62.6 Å². The minimum atomic E-state index is -5.89. The Morgan fingerprint density at radius 1 is 1.03 bits per heavy atom. The van der Waals surface area contributed by atoms with Gasteiger partial charge in [0.15, 0.2) is 0 Å². The third-order valence-electron chi connectivity index (χ3n) is 6.16. The first-order valence-electron chi connectivity index (χ1n) is 11.6. The van der Waals surface area contributed by atoms with Crippen molar-refractivity contribution in [1.82, 2.24) is 14.9 Å². The molecule has 37 heavy (non-hydrogen) atoms. The molecule has 0 amide bonds. The maximum atomic E-state index is 12.8. The number of halogens is 4. The Bertz CT molecular complexity index is 1380. The number of benzene rings is 2. The summed E-state index contributed by atoms with van der Waals surface area (Å²) >= 11 is 6.40. The summed E-state index contributed by atoms with van der Waals surface area (Å²) in [5.41, 5.74) is -4.29. The third-order valence-corrected chi connectivity index (χ3v) is 7.42. The quantitative estimate of drug-likeness (QED) is 0.334.